The number of hydrogen-bond donors (Lipinski definition) is 1. The zero-order valence-corrected chi connectivity index (χ0v) is 20.2. The average molecular weight is 405 g/mol. The molecule has 1 rings (SSSR count). The Hall–Kier alpha value is -1.51. The molecule has 0 bridgehead atoms. The fraction of sp³-hybridized carbons (Fsp3) is 0.731. The van der Waals surface area contributed by atoms with Gasteiger partial charge in [-0.15, -0.1) is 0 Å². The molecular formula is C26H44O3. The highest BCUT2D eigenvalue weighted by Crippen LogP contribution is 2.40. The Morgan fingerprint density at radius 2 is 1.45 bits per heavy atom. The topological polar surface area (TPSA) is 46.5 Å². The monoisotopic (exact) mass is 404 g/mol. The maximum Gasteiger partial charge on any atom is 0.306 e. The fourth-order valence-corrected chi connectivity index (χ4v) is 3.49. The lowest BCUT2D eigenvalue weighted by atomic mass is 9.78. The van der Waals surface area contributed by atoms with E-state index in [4.69, 9.17) is 4.74 Å². The molecular weight excluding hydrogens is 360 g/mol. The largest absolute Gasteiger partial charge is 0.507 e. The molecule has 1 aromatic carbocycles. The van der Waals surface area contributed by atoms with Gasteiger partial charge in [0.1, 0.15) is 5.75 Å². The minimum absolute atomic E-state index is 0.130. The molecule has 0 aliphatic heterocycles. The summed E-state index contributed by atoms with van der Waals surface area (Å²) < 4.78 is 5.42. The van der Waals surface area contributed by atoms with Gasteiger partial charge in [0.25, 0.3) is 0 Å². The number of phenols is 1. The van der Waals surface area contributed by atoms with E-state index in [1.165, 1.54) is 19.3 Å². The summed E-state index contributed by atoms with van der Waals surface area (Å²) >= 11 is 0. The average Bonchev–Trinajstić information content (AvgIpc) is 2.57. The first kappa shape index (κ1) is 25.5. The van der Waals surface area contributed by atoms with Gasteiger partial charge in [-0.05, 0) is 46.3 Å². The van der Waals surface area contributed by atoms with Gasteiger partial charge >= 0.3 is 5.97 Å². The Balaban J connectivity index is 2.60. The Labute approximate surface area is 179 Å². The number of rotatable bonds is 10. The van der Waals surface area contributed by atoms with Crippen LogP contribution in [0.5, 0.6) is 5.75 Å². The normalized spacial score (nSPS) is 12.4. The number of benzene rings is 1. The van der Waals surface area contributed by atoms with Gasteiger partial charge < -0.3 is 9.84 Å². The molecule has 3 heteroatoms. The summed E-state index contributed by atoms with van der Waals surface area (Å²) in [6, 6.07) is 4.10. The summed E-state index contributed by atoms with van der Waals surface area (Å²) in [4.78, 5) is 12.2. The molecule has 166 valence electrons. The minimum Gasteiger partial charge on any atom is -0.507 e. The van der Waals surface area contributed by atoms with Crippen molar-refractivity contribution in [3.05, 3.63) is 28.8 Å². The highest BCUT2D eigenvalue weighted by atomic mass is 16.5. The van der Waals surface area contributed by atoms with Crippen molar-refractivity contribution in [2.45, 2.75) is 111 Å². The molecule has 0 aliphatic carbocycles. The second-order valence-electron chi connectivity index (χ2n) is 10.9. The highest BCUT2D eigenvalue weighted by Gasteiger charge is 2.26. The molecule has 0 radical (unpaired) electrons. The van der Waals surface area contributed by atoms with Crippen LogP contribution in [0.25, 0.3) is 0 Å². The molecule has 3 nitrogen and oxygen atoms in total. The number of unbranched alkanes of at least 4 members (excludes halogenated alkanes) is 3. The van der Waals surface area contributed by atoms with Crippen LogP contribution in [-0.2, 0) is 26.8 Å². The third kappa shape index (κ3) is 9.23. The van der Waals surface area contributed by atoms with Gasteiger partial charge in [0.15, 0.2) is 0 Å². The van der Waals surface area contributed by atoms with Gasteiger partial charge in [0.05, 0.1) is 6.61 Å². The van der Waals surface area contributed by atoms with E-state index in [0.717, 1.165) is 35.4 Å². The van der Waals surface area contributed by atoms with Crippen LogP contribution >= 0.6 is 0 Å². The van der Waals surface area contributed by atoms with Gasteiger partial charge in [0, 0.05) is 6.42 Å². The summed E-state index contributed by atoms with van der Waals surface area (Å²) in [7, 11) is 0. The van der Waals surface area contributed by atoms with Crippen molar-refractivity contribution in [1.29, 1.82) is 0 Å². The molecule has 1 aromatic rings. The van der Waals surface area contributed by atoms with Crippen LogP contribution in [0.3, 0.4) is 0 Å². The van der Waals surface area contributed by atoms with Crippen LogP contribution in [-0.4, -0.2) is 17.7 Å². The van der Waals surface area contributed by atoms with Crippen LogP contribution in [0.2, 0.25) is 0 Å². The number of aromatic hydroxyl groups is 1. The van der Waals surface area contributed by atoms with Crippen molar-refractivity contribution in [3.63, 3.8) is 0 Å². The number of hydrogen-bond acceptors (Lipinski definition) is 3. The smallest absolute Gasteiger partial charge is 0.306 e. The van der Waals surface area contributed by atoms with E-state index in [1.54, 1.807) is 0 Å². The molecule has 0 saturated heterocycles. The quantitative estimate of drug-likeness (QED) is 0.335. The van der Waals surface area contributed by atoms with Gasteiger partial charge in [-0.3, -0.25) is 4.79 Å². The van der Waals surface area contributed by atoms with Crippen LogP contribution < -0.4 is 0 Å². The highest BCUT2D eigenvalue weighted by molar-refractivity contribution is 5.69. The fourth-order valence-electron chi connectivity index (χ4n) is 3.49. The number of carbonyl (C=O) groups excluding carboxylic acids is 1. The van der Waals surface area contributed by atoms with E-state index in [0.29, 0.717) is 25.2 Å². The molecule has 0 spiro atoms. The van der Waals surface area contributed by atoms with Crippen molar-refractivity contribution in [2.24, 2.45) is 5.92 Å². The first-order valence-electron chi connectivity index (χ1n) is 11.3. The van der Waals surface area contributed by atoms with Crippen molar-refractivity contribution < 1.29 is 14.6 Å². The van der Waals surface area contributed by atoms with E-state index in [-0.39, 0.29) is 16.8 Å². The molecule has 0 saturated carbocycles. The predicted octanol–water partition coefficient (Wildman–Crippen LogP) is 7.07. The number of ether oxygens (including phenoxy) is 1. The summed E-state index contributed by atoms with van der Waals surface area (Å²) in [5, 5.41) is 10.8. The standard InChI is InChI=1S/C26H44O3/c1-19(2)13-11-9-10-12-16-29-23(27)15-14-20-17-21(25(3,4)5)24(28)22(18-20)26(6,7)8/h17-19,28H,9-16H2,1-8H3. The molecule has 0 heterocycles. The minimum atomic E-state index is -0.157. The second kappa shape index (κ2) is 11.0. The predicted molar refractivity (Wildman–Crippen MR) is 123 cm³/mol. The molecule has 0 aliphatic rings. The number of carbonyl (C=O) groups is 1. The number of phenolic OH excluding ortho intramolecular Hbond substituents is 1. The molecule has 29 heavy (non-hydrogen) atoms. The summed E-state index contributed by atoms with van der Waals surface area (Å²) in [5.74, 6) is 1.02. The van der Waals surface area contributed by atoms with Gasteiger partial charge in [-0.2, -0.15) is 0 Å². The van der Waals surface area contributed by atoms with Gasteiger partial charge in [-0.25, -0.2) is 0 Å². The maximum atomic E-state index is 12.2. The maximum absolute atomic E-state index is 12.2. The zero-order valence-electron chi connectivity index (χ0n) is 20.2. The zero-order chi connectivity index (χ0) is 22.2. The van der Waals surface area contributed by atoms with Crippen LogP contribution in [0, 0.1) is 5.92 Å². The van der Waals surface area contributed by atoms with Crippen molar-refractivity contribution in [2.75, 3.05) is 6.61 Å². The molecule has 0 fully saturated rings. The van der Waals surface area contributed by atoms with E-state index in [2.05, 4.69) is 55.4 Å². The first-order valence-corrected chi connectivity index (χ1v) is 11.3. The Bertz CT molecular complexity index is 610. The first-order chi connectivity index (χ1) is 13.3. The van der Waals surface area contributed by atoms with Crippen LogP contribution in [0.15, 0.2) is 12.1 Å². The van der Waals surface area contributed by atoms with E-state index >= 15 is 0 Å². The van der Waals surface area contributed by atoms with Gasteiger partial charge in [-0.1, -0.05) is 93.2 Å². The van der Waals surface area contributed by atoms with Crippen molar-refractivity contribution in [1.82, 2.24) is 0 Å². The molecule has 0 amide bonds. The lowest BCUT2D eigenvalue weighted by Crippen LogP contribution is -2.18. The Morgan fingerprint density at radius 3 is 1.93 bits per heavy atom. The van der Waals surface area contributed by atoms with E-state index < -0.39 is 0 Å². The van der Waals surface area contributed by atoms with E-state index in [9.17, 15) is 9.90 Å². The summed E-state index contributed by atoms with van der Waals surface area (Å²) in [5.41, 5.74) is 2.65. The van der Waals surface area contributed by atoms with Gasteiger partial charge in [0.2, 0.25) is 0 Å². The SMILES string of the molecule is CC(C)CCCCCCOC(=O)CCc1cc(C(C)(C)C)c(O)c(C(C)(C)C)c1. The van der Waals surface area contributed by atoms with Crippen LogP contribution in [0.1, 0.15) is 111 Å². The molecule has 0 aromatic heterocycles. The van der Waals surface area contributed by atoms with Crippen LogP contribution in [0.4, 0.5) is 0 Å². The third-order valence-corrected chi connectivity index (χ3v) is 5.34. The molecule has 0 atom stereocenters. The number of esters is 1. The van der Waals surface area contributed by atoms with Crippen molar-refractivity contribution in [3.8, 4) is 5.75 Å². The Morgan fingerprint density at radius 1 is 0.931 bits per heavy atom. The second-order valence-corrected chi connectivity index (χ2v) is 10.9. The lowest BCUT2D eigenvalue weighted by molar-refractivity contribution is -0.143. The summed E-state index contributed by atoms with van der Waals surface area (Å²) in [6.07, 6.45) is 6.85. The number of aryl methyl sites for hydroxylation is 1. The van der Waals surface area contributed by atoms with E-state index in [1.807, 2.05) is 12.1 Å². The molecule has 1 N–H and O–H groups in total. The Kier molecular flexibility index (Phi) is 9.71. The lowest BCUT2D eigenvalue weighted by Gasteiger charge is -2.28. The third-order valence-electron chi connectivity index (χ3n) is 5.34. The molecule has 0 unspecified atom stereocenters. The van der Waals surface area contributed by atoms with Crippen molar-refractivity contribution >= 4 is 5.97 Å². The summed E-state index contributed by atoms with van der Waals surface area (Å²) in [6.45, 7) is 17.7.